The van der Waals surface area contributed by atoms with Crippen molar-refractivity contribution in [1.82, 2.24) is 0 Å². The van der Waals surface area contributed by atoms with Gasteiger partial charge in [0.05, 0.1) is 0 Å². The Balaban J connectivity index is 3.95. The van der Waals surface area contributed by atoms with E-state index in [-0.39, 0.29) is 5.57 Å². The van der Waals surface area contributed by atoms with E-state index >= 15 is 0 Å². The topological polar surface area (TPSA) is 43.4 Å². The summed E-state index contributed by atoms with van der Waals surface area (Å²) in [4.78, 5) is 20.1. The number of hydrogen-bond donors (Lipinski definition) is 0. The largest absolute Gasteiger partial charge is 0.428 e. The van der Waals surface area contributed by atoms with Gasteiger partial charge in [-0.25, -0.2) is 0 Å². The minimum atomic E-state index is -1.82. The summed E-state index contributed by atoms with van der Waals surface area (Å²) in [6.45, 7) is 2.51. The van der Waals surface area contributed by atoms with Gasteiger partial charge in [0, 0.05) is 6.92 Å². The lowest BCUT2D eigenvalue weighted by Crippen LogP contribution is -2.08. The number of rotatable bonds is 3. The predicted molar refractivity (Wildman–Crippen MR) is 36.5 cm³/mol. The van der Waals surface area contributed by atoms with Crippen molar-refractivity contribution in [2.24, 2.45) is 0 Å². The molecule has 0 bridgehead atoms. The predicted octanol–water partition coefficient (Wildman–Crippen LogP) is 0.990. The molecule has 0 aliphatic heterocycles. The summed E-state index contributed by atoms with van der Waals surface area (Å²) in [7, 11) is 0. The summed E-state index contributed by atoms with van der Waals surface area (Å²) in [6.07, 6.45) is -0.414. The number of ether oxygens (including phenoxy) is 1. The van der Waals surface area contributed by atoms with Crippen LogP contribution in [0.5, 0.6) is 0 Å². The molecule has 0 heterocycles. The first-order valence-corrected chi connectivity index (χ1v) is 3.01. The van der Waals surface area contributed by atoms with E-state index in [4.69, 9.17) is 0 Å². The number of hydrogen-bond acceptors (Lipinski definition) is 3. The molecule has 0 rings (SSSR count). The fourth-order valence-corrected chi connectivity index (χ4v) is 0.439. The molecule has 0 aromatic carbocycles. The van der Waals surface area contributed by atoms with Crippen LogP contribution in [0.4, 0.5) is 4.39 Å². The molecular weight excluding hydrogens is 151 g/mol. The van der Waals surface area contributed by atoms with Crippen molar-refractivity contribution < 1.29 is 18.7 Å². The maximum absolute atomic E-state index is 12.4. The normalized spacial score (nSPS) is 13.9. The monoisotopic (exact) mass is 160 g/mol. The van der Waals surface area contributed by atoms with E-state index in [1.54, 1.807) is 0 Å². The maximum atomic E-state index is 12.4. The lowest BCUT2D eigenvalue weighted by molar-refractivity contribution is -0.150. The summed E-state index contributed by atoms with van der Waals surface area (Å²) in [5.41, 5.74) is 0.193. The molecule has 0 N–H and O–H groups in total. The molecular formula is C7H9FO3. The molecule has 1 unspecified atom stereocenters. The number of halogens is 1. The van der Waals surface area contributed by atoms with Crippen molar-refractivity contribution in [3.63, 3.8) is 0 Å². The highest BCUT2D eigenvalue weighted by Crippen LogP contribution is 1.99. The molecule has 0 aliphatic carbocycles. The molecule has 0 aliphatic rings. The number of carbonyl (C=O) groups is 2. The van der Waals surface area contributed by atoms with Gasteiger partial charge in [0.1, 0.15) is 6.29 Å². The third-order valence-electron chi connectivity index (χ3n) is 0.858. The van der Waals surface area contributed by atoms with E-state index < -0.39 is 12.3 Å². The van der Waals surface area contributed by atoms with Gasteiger partial charge in [0.15, 0.2) is 0 Å². The second kappa shape index (κ2) is 4.60. The van der Waals surface area contributed by atoms with E-state index in [1.807, 2.05) is 0 Å². The van der Waals surface area contributed by atoms with E-state index in [9.17, 15) is 14.0 Å². The van der Waals surface area contributed by atoms with Crippen LogP contribution in [0.1, 0.15) is 13.8 Å². The molecule has 0 aromatic heterocycles. The van der Waals surface area contributed by atoms with Gasteiger partial charge in [0.2, 0.25) is 0 Å². The van der Waals surface area contributed by atoms with Crippen molar-refractivity contribution in [3.8, 4) is 0 Å². The molecule has 3 nitrogen and oxygen atoms in total. The Morgan fingerprint density at radius 1 is 1.55 bits per heavy atom. The second-order valence-corrected chi connectivity index (χ2v) is 1.99. The molecule has 11 heavy (non-hydrogen) atoms. The Morgan fingerprint density at radius 3 is 2.45 bits per heavy atom. The van der Waals surface area contributed by atoms with Gasteiger partial charge < -0.3 is 4.74 Å². The van der Waals surface area contributed by atoms with Gasteiger partial charge in [-0.05, 0) is 18.6 Å². The smallest absolute Gasteiger partial charge is 0.305 e. The Labute approximate surface area is 63.8 Å². The number of allylic oxidation sites excluding steroid dienone is 1. The standard InChI is InChI=1S/C7H9FO3/c1-5(4-9)3-7(8)11-6(2)10/h3-4,7H,1-2H3/b5-3-. The third kappa shape index (κ3) is 5.26. The lowest BCUT2D eigenvalue weighted by Gasteiger charge is -2.02. The zero-order valence-electron chi connectivity index (χ0n) is 6.33. The molecule has 0 amide bonds. The van der Waals surface area contributed by atoms with Gasteiger partial charge in [-0.1, -0.05) is 0 Å². The number of aldehydes is 1. The minimum absolute atomic E-state index is 0.193. The van der Waals surface area contributed by atoms with Crippen LogP contribution in [-0.2, 0) is 14.3 Å². The highest BCUT2D eigenvalue weighted by atomic mass is 19.1. The number of carbonyl (C=O) groups excluding carboxylic acids is 2. The third-order valence-corrected chi connectivity index (χ3v) is 0.858. The molecule has 62 valence electrons. The quantitative estimate of drug-likeness (QED) is 0.351. The van der Waals surface area contributed by atoms with E-state index in [0.29, 0.717) is 6.29 Å². The molecule has 0 spiro atoms. The molecule has 0 aromatic rings. The van der Waals surface area contributed by atoms with Gasteiger partial charge in [0.25, 0.3) is 6.36 Å². The van der Waals surface area contributed by atoms with Crippen LogP contribution in [0.15, 0.2) is 11.6 Å². The van der Waals surface area contributed by atoms with E-state index in [0.717, 1.165) is 13.0 Å². The van der Waals surface area contributed by atoms with Gasteiger partial charge >= 0.3 is 5.97 Å². The number of esters is 1. The molecule has 1 atom stereocenters. The highest BCUT2D eigenvalue weighted by Gasteiger charge is 2.04. The van der Waals surface area contributed by atoms with E-state index in [1.165, 1.54) is 6.92 Å². The molecule has 4 heteroatoms. The zero-order valence-corrected chi connectivity index (χ0v) is 6.33. The zero-order chi connectivity index (χ0) is 8.85. The first-order chi connectivity index (χ1) is 5.06. The van der Waals surface area contributed by atoms with Crippen molar-refractivity contribution in [3.05, 3.63) is 11.6 Å². The Hall–Kier alpha value is -1.19. The summed E-state index contributed by atoms with van der Waals surface area (Å²) in [5, 5.41) is 0. The molecule has 0 fully saturated rings. The summed E-state index contributed by atoms with van der Waals surface area (Å²) in [6, 6.07) is 0. The second-order valence-electron chi connectivity index (χ2n) is 1.99. The van der Waals surface area contributed by atoms with E-state index in [2.05, 4.69) is 4.74 Å². The summed E-state index contributed by atoms with van der Waals surface area (Å²) < 4.78 is 16.5. The Bertz CT molecular complexity index is 186. The van der Waals surface area contributed by atoms with Gasteiger partial charge in [-0.15, -0.1) is 0 Å². The first-order valence-electron chi connectivity index (χ1n) is 3.01. The molecule has 0 radical (unpaired) electrons. The average Bonchev–Trinajstić information content (AvgIpc) is 1.85. The van der Waals surface area contributed by atoms with Crippen molar-refractivity contribution in [2.45, 2.75) is 20.2 Å². The summed E-state index contributed by atoms with van der Waals surface area (Å²) in [5.74, 6) is -0.715. The van der Waals surface area contributed by atoms with Crippen molar-refractivity contribution in [2.75, 3.05) is 0 Å². The lowest BCUT2D eigenvalue weighted by atomic mass is 10.3. The van der Waals surface area contributed by atoms with Crippen LogP contribution in [0.2, 0.25) is 0 Å². The molecule has 0 saturated carbocycles. The fraction of sp³-hybridized carbons (Fsp3) is 0.429. The number of alkyl halides is 1. The Kier molecular flexibility index (Phi) is 4.10. The SMILES string of the molecule is CC(=O)OC(F)/C=C(/C)C=O. The maximum Gasteiger partial charge on any atom is 0.305 e. The minimum Gasteiger partial charge on any atom is -0.428 e. The fourth-order valence-electron chi connectivity index (χ4n) is 0.439. The highest BCUT2D eigenvalue weighted by molar-refractivity contribution is 5.72. The van der Waals surface area contributed by atoms with Crippen molar-refractivity contribution >= 4 is 12.3 Å². The van der Waals surface area contributed by atoms with Crippen LogP contribution in [-0.4, -0.2) is 18.6 Å². The first kappa shape index (κ1) is 9.81. The summed E-state index contributed by atoms with van der Waals surface area (Å²) >= 11 is 0. The van der Waals surface area contributed by atoms with Crippen LogP contribution in [0, 0.1) is 0 Å². The van der Waals surface area contributed by atoms with Crippen molar-refractivity contribution in [1.29, 1.82) is 0 Å². The Morgan fingerprint density at radius 2 is 2.09 bits per heavy atom. The van der Waals surface area contributed by atoms with Gasteiger partial charge in [-0.2, -0.15) is 4.39 Å². The average molecular weight is 160 g/mol. The van der Waals surface area contributed by atoms with Crippen LogP contribution < -0.4 is 0 Å². The van der Waals surface area contributed by atoms with Crippen LogP contribution in [0.25, 0.3) is 0 Å². The van der Waals surface area contributed by atoms with Crippen LogP contribution in [0.3, 0.4) is 0 Å². The molecule has 0 saturated heterocycles. The van der Waals surface area contributed by atoms with Gasteiger partial charge in [-0.3, -0.25) is 9.59 Å². The van der Waals surface area contributed by atoms with Crippen LogP contribution >= 0.6 is 0 Å².